The van der Waals surface area contributed by atoms with Crippen molar-refractivity contribution in [3.8, 4) is 11.5 Å². The largest absolute Gasteiger partial charge is 0.457 e. The molecule has 0 heterocycles. The predicted octanol–water partition coefficient (Wildman–Crippen LogP) is 6.10. The molecule has 0 atom stereocenters. The van der Waals surface area contributed by atoms with Crippen LogP contribution in [0.15, 0.2) is 83.4 Å². The highest BCUT2D eigenvalue weighted by molar-refractivity contribution is 9.11. The van der Waals surface area contributed by atoms with E-state index >= 15 is 0 Å². The zero-order valence-electron chi connectivity index (χ0n) is 11.5. The molecule has 0 saturated heterocycles. The van der Waals surface area contributed by atoms with E-state index in [0.29, 0.717) is 0 Å². The summed E-state index contributed by atoms with van der Waals surface area (Å²) < 4.78 is 6.93. The van der Waals surface area contributed by atoms with Gasteiger partial charge in [-0.1, -0.05) is 64.5 Å². The molecular formula is C19H15BrO. The number of halogens is 1. The molecule has 1 aliphatic carbocycles. The predicted molar refractivity (Wildman–Crippen MR) is 91.7 cm³/mol. The van der Waals surface area contributed by atoms with Gasteiger partial charge < -0.3 is 4.74 Å². The molecule has 2 heteroatoms. The Morgan fingerprint density at radius 2 is 1.48 bits per heavy atom. The molecule has 0 bridgehead atoms. The lowest BCUT2D eigenvalue weighted by molar-refractivity contribution is 0.482. The Bertz CT molecular complexity index is 694. The van der Waals surface area contributed by atoms with Crippen molar-refractivity contribution in [1.29, 1.82) is 0 Å². The highest BCUT2D eigenvalue weighted by atomic mass is 79.9. The minimum Gasteiger partial charge on any atom is -0.457 e. The van der Waals surface area contributed by atoms with Crippen LogP contribution in [-0.4, -0.2) is 0 Å². The molecule has 104 valence electrons. The summed E-state index contributed by atoms with van der Waals surface area (Å²) >= 11 is 3.51. The molecule has 0 amide bonds. The zero-order chi connectivity index (χ0) is 14.5. The van der Waals surface area contributed by atoms with Crippen LogP contribution in [0.4, 0.5) is 0 Å². The maximum Gasteiger partial charge on any atom is 0.127 e. The van der Waals surface area contributed by atoms with Gasteiger partial charge in [-0.2, -0.15) is 0 Å². The fourth-order valence-electron chi connectivity index (χ4n) is 2.16. The van der Waals surface area contributed by atoms with Crippen LogP contribution in [0.5, 0.6) is 11.5 Å². The first-order valence-electron chi connectivity index (χ1n) is 6.88. The Hall–Kier alpha value is -2.06. The second-order valence-electron chi connectivity index (χ2n) is 4.76. The van der Waals surface area contributed by atoms with E-state index in [1.54, 1.807) is 0 Å². The lowest BCUT2D eigenvalue weighted by Crippen LogP contribution is -1.85. The van der Waals surface area contributed by atoms with Crippen LogP contribution in [0.1, 0.15) is 12.0 Å². The lowest BCUT2D eigenvalue weighted by atomic mass is 10.0. The number of rotatable bonds is 3. The fourth-order valence-corrected chi connectivity index (χ4v) is 2.48. The van der Waals surface area contributed by atoms with Gasteiger partial charge in [-0.05, 0) is 47.9 Å². The van der Waals surface area contributed by atoms with Crippen molar-refractivity contribution in [2.75, 3.05) is 0 Å². The first-order chi connectivity index (χ1) is 10.3. The highest BCUT2D eigenvalue weighted by Gasteiger charge is 2.02. The van der Waals surface area contributed by atoms with Gasteiger partial charge in [0, 0.05) is 4.48 Å². The van der Waals surface area contributed by atoms with Crippen molar-refractivity contribution in [1.82, 2.24) is 0 Å². The molecule has 1 aliphatic rings. The second kappa shape index (κ2) is 6.59. The summed E-state index contributed by atoms with van der Waals surface area (Å²) in [6.45, 7) is 0. The molecule has 0 fully saturated rings. The van der Waals surface area contributed by atoms with E-state index in [1.165, 1.54) is 11.1 Å². The van der Waals surface area contributed by atoms with Crippen molar-refractivity contribution in [3.63, 3.8) is 0 Å². The Morgan fingerprint density at radius 3 is 2.24 bits per heavy atom. The average molecular weight is 339 g/mol. The van der Waals surface area contributed by atoms with Gasteiger partial charge in [0.25, 0.3) is 0 Å². The third kappa shape index (κ3) is 3.73. The molecule has 21 heavy (non-hydrogen) atoms. The SMILES string of the molecule is BrC1=CCC=C(c2ccc(Oc3ccccc3)cc2)C=C1. The molecule has 0 aliphatic heterocycles. The number of hydrogen-bond acceptors (Lipinski definition) is 1. The Balaban J connectivity index is 1.76. The van der Waals surface area contributed by atoms with Crippen LogP contribution in [0.25, 0.3) is 5.57 Å². The fraction of sp³-hybridized carbons (Fsp3) is 0.0526. The van der Waals surface area contributed by atoms with Gasteiger partial charge in [-0.15, -0.1) is 0 Å². The normalized spacial score (nSPS) is 14.1. The monoisotopic (exact) mass is 338 g/mol. The molecule has 0 spiro atoms. The number of hydrogen-bond donors (Lipinski definition) is 0. The van der Waals surface area contributed by atoms with E-state index in [2.05, 4.69) is 52.4 Å². The van der Waals surface area contributed by atoms with Crippen molar-refractivity contribution >= 4 is 21.5 Å². The maximum atomic E-state index is 5.81. The minimum absolute atomic E-state index is 0.849. The van der Waals surface area contributed by atoms with E-state index in [-0.39, 0.29) is 0 Å². The topological polar surface area (TPSA) is 9.23 Å². The molecule has 3 rings (SSSR count). The molecule has 2 aromatic rings. The maximum absolute atomic E-state index is 5.81. The third-order valence-electron chi connectivity index (χ3n) is 3.24. The molecular weight excluding hydrogens is 324 g/mol. The summed E-state index contributed by atoms with van der Waals surface area (Å²) in [4.78, 5) is 0. The van der Waals surface area contributed by atoms with Gasteiger partial charge in [0.15, 0.2) is 0 Å². The summed E-state index contributed by atoms with van der Waals surface area (Å²) in [6, 6.07) is 18.0. The molecule has 0 aromatic heterocycles. The Morgan fingerprint density at radius 1 is 0.762 bits per heavy atom. The molecule has 1 nitrogen and oxygen atoms in total. The van der Waals surface area contributed by atoms with Crippen LogP contribution in [-0.2, 0) is 0 Å². The Kier molecular flexibility index (Phi) is 4.37. The standard InChI is InChI=1S/C19H15BrO/c20-17-6-4-5-15(9-12-17)16-10-13-19(14-11-16)21-18-7-2-1-3-8-18/h1-3,5-14H,4H2. The van der Waals surface area contributed by atoms with Crippen LogP contribution in [0, 0.1) is 0 Å². The van der Waals surface area contributed by atoms with Gasteiger partial charge in [0.2, 0.25) is 0 Å². The van der Waals surface area contributed by atoms with Crippen molar-refractivity contribution < 1.29 is 4.74 Å². The third-order valence-corrected chi connectivity index (χ3v) is 3.83. The molecule has 0 radical (unpaired) electrons. The van der Waals surface area contributed by atoms with Gasteiger partial charge in [0.1, 0.15) is 11.5 Å². The lowest BCUT2D eigenvalue weighted by Gasteiger charge is -2.07. The van der Waals surface area contributed by atoms with Crippen LogP contribution >= 0.6 is 15.9 Å². The Labute approximate surface area is 133 Å². The van der Waals surface area contributed by atoms with E-state index in [0.717, 1.165) is 22.4 Å². The molecule has 0 N–H and O–H groups in total. The first kappa shape index (κ1) is 13.9. The van der Waals surface area contributed by atoms with Crippen LogP contribution < -0.4 is 4.74 Å². The van der Waals surface area contributed by atoms with Crippen molar-refractivity contribution in [2.45, 2.75) is 6.42 Å². The van der Waals surface area contributed by atoms with E-state index in [4.69, 9.17) is 4.74 Å². The summed E-state index contributed by atoms with van der Waals surface area (Å²) in [5.41, 5.74) is 2.43. The van der Waals surface area contributed by atoms with Crippen LogP contribution in [0.3, 0.4) is 0 Å². The smallest absolute Gasteiger partial charge is 0.127 e. The second-order valence-corrected chi connectivity index (χ2v) is 5.67. The van der Waals surface area contributed by atoms with Gasteiger partial charge >= 0.3 is 0 Å². The minimum atomic E-state index is 0.849. The van der Waals surface area contributed by atoms with Crippen LogP contribution in [0.2, 0.25) is 0 Å². The average Bonchev–Trinajstić information content (AvgIpc) is 2.74. The first-order valence-corrected chi connectivity index (χ1v) is 7.68. The molecule has 2 aromatic carbocycles. The number of allylic oxidation sites excluding steroid dienone is 6. The highest BCUT2D eigenvalue weighted by Crippen LogP contribution is 2.26. The molecule has 0 unspecified atom stereocenters. The number of ether oxygens (including phenoxy) is 1. The number of benzene rings is 2. The van der Waals surface area contributed by atoms with E-state index in [1.807, 2.05) is 42.5 Å². The van der Waals surface area contributed by atoms with Gasteiger partial charge in [-0.3, -0.25) is 0 Å². The summed E-state index contributed by atoms with van der Waals surface area (Å²) in [5.74, 6) is 1.70. The van der Waals surface area contributed by atoms with Crippen molar-refractivity contribution in [2.24, 2.45) is 0 Å². The van der Waals surface area contributed by atoms with E-state index < -0.39 is 0 Å². The van der Waals surface area contributed by atoms with E-state index in [9.17, 15) is 0 Å². The summed E-state index contributed by atoms with van der Waals surface area (Å²) in [6.07, 6.45) is 9.51. The van der Waals surface area contributed by atoms with Gasteiger partial charge in [-0.25, -0.2) is 0 Å². The molecule has 0 saturated carbocycles. The summed E-state index contributed by atoms with van der Waals surface area (Å²) in [7, 11) is 0. The quantitative estimate of drug-likeness (QED) is 0.656. The summed E-state index contributed by atoms with van der Waals surface area (Å²) in [5, 5.41) is 0. The van der Waals surface area contributed by atoms with Crippen molar-refractivity contribution in [3.05, 3.63) is 88.9 Å². The van der Waals surface area contributed by atoms with Gasteiger partial charge in [0.05, 0.1) is 0 Å². The zero-order valence-corrected chi connectivity index (χ0v) is 13.1. The number of para-hydroxylation sites is 1.